The van der Waals surface area contributed by atoms with Gasteiger partial charge in [0.2, 0.25) is 0 Å². The molecule has 0 amide bonds. The highest BCUT2D eigenvalue weighted by molar-refractivity contribution is 7.47. The lowest BCUT2D eigenvalue weighted by molar-refractivity contribution is -0.220. The number of phosphoric ester groups is 1. The molecule has 0 aromatic heterocycles. The molecule has 1 fully saturated rings. The Kier molecular flexibility index (Phi) is 37.5. The van der Waals surface area contributed by atoms with E-state index in [9.17, 15) is 44.6 Å². The zero-order valence-electron chi connectivity index (χ0n) is 39.8. The Morgan fingerprint density at radius 2 is 0.846 bits per heavy atom. The van der Waals surface area contributed by atoms with Gasteiger partial charge in [0.25, 0.3) is 0 Å². The third-order valence-corrected chi connectivity index (χ3v) is 12.0. The number of rotatable bonds is 40. The molecule has 0 bridgehead atoms. The van der Waals surface area contributed by atoms with E-state index in [-0.39, 0.29) is 12.8 Å². The second-order valence-corrected chi connectivity index (χ2v) is 18.4. The SMILES string of the molecule is CCCCC/C=C/C/C=C/C/C=C/C/C=C/CCCCCC(=O)OC[C@@H](COP(=O)(O)OC1C(O)C(O)C(O)[C@H](O)C1O)OC(=O)CCC/C=C/C/C=C/CCCCCCCCCCC. The molecule has 65 heavy (non-hydrogen) atoms. The Balaban J connectivity index is 2.49. The molecule has 6 unspecified atom stereocenters. The number of esters is 2. The van der Waals surface area contributed by atoms with Crippen LogP contribution in [0.4, 0.5) is 0 Å². The Morgan fingerprint density at radius 1 is 0.477 bits per heavy atom. The lowest BCUT2D eigenvalue weighted by Crippen LogP contribution is -2.64. The normalized spacial score (nSPS) is 22.0. The van der Waals surface area contributed by atoms with E-state index >= 15 is 0 Å². The van der Waals surface area contributed by atoms with Gasteiger partial charge in [0.1, 0.15) is 43.2 Å². The Morgan fingerprint density at radius 3 is 1.34 bits per heavy atom. The fourth-order valence-corrected chi connectivity index (χ4v) is 7.99. The third kappa shape index (κ3) is 32.6. The number of ether oxygens (including phenoxy) is 2. The van der Waals surface area contributed by atoms with Gasteiger partial charge in [-0.1, -0.05) is 157 Å². The van der Waals surface area contributed by atoms with Crippen LogP contribution in [0.2, 0.25) is 0 Å². The van der Waals surface area contributed by atoms with Crippen molar-refractivity contribution >= 4 is 19.8 Å². The summed E-state index contributed by atoms with van der Waals surface area (Å²) in [5, 5.41) is 50.2. The number of allylic oxidation sites excluding steroid dienone is 12. The number of aliphatic hydroxyl groups is 5. The fourth-order valence-electron chi connectivity index (χ4n) is 7.02. The molecule has 0 heterocycles. The number of hydrogen-bond acceptors (Lipinski definition) is 12. The number of hydrogen-bond donors (Lipinski definition) is 6. The maximum Gasteiger partial charge on any atom is 0.472 e. The lowest BCUT2D eigenvalue weighted by atomic mass is 9.85. The first-order valence-corrected chi connectivity index (χ1v) is 26.2. The van der Waals surface area contributed by atoms with Crippen molar-refractivity contribution in [1.82, 2.24) is 0 Å². The summed E-state index contributed by atoms with van der Waals surface area (Å²) in [7, 11) is -5.14. The molecule has 13 nitrogen and oxygen atoms in total. The van der Waals surface area contributed by atoms with Crippen LogP contribution in [0.25, 0.3) is 0 Å². The predicted octanol–water partition coefficient (Wildman–Crippen LogP) is 10.3. The highest BCUT2D eigenvalue weighted by atomic mass is 31.2. The summed E-state index contributed by atoms with van der Waals surface area (Å²) in [6, 6.07) is 0. The molecule has 0 saturated heterocycles. The van der Waals surface area contributed by atoms with Crippen LogP contribution in [0, 0.1) is 0 Å². The molecule has 0 aromatic carbocycles. The molecular weight excluding hydrogens is 852 g/mol. The van der Waals surface area contributed by atoms with Crippen LogP contribution in [-0.2, 0) is 32.7 Å². The second kappa shape index (κ2) is 40.4. The van der Waals surface area contributed by atoms with Gasteiger partial charge in [0, 0.05) is 12.8 Å². The Labute approximate surface area is 391 Å². The molecular formula is C51H87O13P. The van der Waals surface area contributed by atoms with Gasteiger partial charge in [-0.05, 0) is 83.5 Å². The largest absolute Gasteiger partial charge is 0.472 e. The fraction of sp³-hybridized carbons (Fsp3) is 0.725. The van der Waals surface area contributed by atoms with Crippen LogP contribution in [0.15, 0.2) is 72.9 Å². The molecule has 0 aromatic rings. The van der Waals surface area contributed by atoms with Crippen molar-refractivity contribution in [3.05, 3.63) is 72.9 Å². The minimum atomic E-state index is -5.14. The van der Waals surface area contributed by atoms with E-state index in [2.05, 4.69) is 74.6 Å². The van der Waals surface area contributed by atoms with E-state index < -0.39 is 75.7 Å². The summed E-state index contributed by atoms with van der Waals surface area (Å²) in [4.78, 5) is 35.7. The van der Waals surface area contributed by atoms with Gasteiger partial charge in [-0.15, -0.1) is 0 Å². The van der Waals surface area contributed by atoms with Crippen LogP contribution in [0.1, 0.15) is 181 Å². The van der Waals surface area contributed by atoms with E-state index in [1.54, 1.807) is 0 Å². The van der Waals surface area contributed by atoms with E-state index in [0.717, 1.165) is 57.8 Å². The molecule has 14 heteroatoms. The average molecular weight is 939 g/mol. The maximum atomic E-state index is 12.8. The Bertz CT molecular complexity index is 1410. The minimum Gasteiger partial charge on any atom is -0.462 e. The van der Waals surface area contributed by atoms with Crippen LogP contribution in [0.3, 0.4) is 0 Å². The minimum absolute atomic E-state index is 0.0223. The monoisotopic (exact) mass is 939 g/mol. The summed E-state index contributed by atoms with van der Waals surface area (Å²) in [5.41, 5.74) is 0. The van der Waals surface area contributed by atoms with E-state index in [0.29, 0.717) is 19.3 Å². The van der Waals surface area contributed by atoms with Gasteiger partial charge in [-0.2, -0.15) is 0 Å². The number of carbonyl (C=O) groups excluding carboxylic acids is 2. The molecule has 1 rings (SSSR count). The van der Waals surface area contributed by atoms with Gasteiger partial charge in [0.05, 0.1) is 6.61 Å². The molecule has 0 spiro atoms. The van der Waals surface area contributed by atoms with Crippen LogP contribution in [0.5, 0.6) is 0 Å². The predicted molar refractivity (Wildman–Crippen MR) is 258 cm³/mol. The summed E-state index contributed by atoms with van der Waals surface area (Å²) in [5.74, 6) is -1.19. The summed E-state index contributed by atoms with van der Waals surface area (Å²) < 4.78 is 33.5. The first kappa shape index (κ1) is 60.3. The number of phosphoric acid groups is 1. The van der Waals surface area contributed by atoms with Gasteiger partial charge in [-0.3, -0.25) is 18.6 Å². The van der Waals surface area contributed by atoms with E-state index in [4.69, 9.17) is 18.5 Å². The van der Waals surface area contributed by atoms with Crippen molar-refractivity contribution in [3.63, 3.8) is 0 Å². The van der Waals surface area contributed by atoms with Gasteiger partial charge in [0.15, 0.2) is 6.10 Å². The van der Waals surface area contributed by atoms with Crippen molar-refractivity contribution in [2.75, 3.05) is 13.2 Å². The summed E-state index contributed by atoms with van der Waals surface area (Å²) in [6.07, 6.45) is 38.1. The van der Waals surface area contributed by atoms with Crippen molar-refractivity contribution in [1.29, 1.82) is 0 Å². The summed E-state index contributed by atoms with van der Waals surface area (Å²) >= 11 is 0. The lowest BCUT2D eigenvalue weighted by Gasteiger charge is -2.41. The molecule has 6 N–H and O–H groups in total. The zero-order chi connectivity index (χ0) is 47.8. The summed E-state index contributed by atoms with van der Waals surface area (Å²) in [6.45, 7) is 3.21. The molecule has 1 saturated carbocycles. The van der Waals surface area contributed by atoms with Crippen molar-refractivity contribution < 1.29 is 63.1 Å². The van der Waals surface area contributed by atoms with Crippen LogP contribution >= 0.6 is 7.82 Å². The topological polar surface area (TPSA) is 210 Å². The third-order valence-electron chi connectivity index (χ3n) is 11.0. The van der Waals surface area contributed by atoms with Crippen LogP contribution < -0.4 is 0 Å². The number of carbonyl (C=O) groups is 2. The highest BCUT2D eigenvalue weighted by Crippen LogP contribution is 2.47. The number of unbranched alkanes of at least 4 members (excludes halogenated alkanes) is 16. The highest BCUT2D eigenvalue weighted by Gasteiger charge is 2.51. The maximum absolute atomic E-state index is 12.8. The quantitative estimate of drug-likeness (QED) is 0.0146. The average Bonchev–Trinajstić information content (AvgIpc) is 3.29. The smallest absolute Gasteiger partial charge is 0.462 e. The van der Waals surface area contributed by atoms with Crippen LogP contribution in [-0.4, -0.2) is 98.3 Å². The zero-order valence-corrected chi connectivity index (χ0v) is 40.7. The molecule has 1 aliphatic carbocycles. The molecule has 8 atom stereocenters. The van der Waals surface area contributed by atoms with E-state index in [1.165, 1.54) is 77.0 Å². The van der Waals surface area contributed by atoms with Crippen molar-refractivity contribution in [2.24, 2.45) is 0 Å². The molecule has 0 aliphatic heterocycles. The molecule has 1 aliphatic rings. The number of aliphatic hydroxyl groups excluding tert-OH is 5. The Hall–Kier alpha value is -2.71. The first-order valence-electron chi connectivity index (χ1n) is 24.7. The molecule has 0 radical (unpaired) electrons. The second-order valence-electron chi connectivity index (χ2n) is 17.0. The van der Waals surface area contributed by atoms with Gasteiger partial charge >= 0.3 is 19.8 Å². The first-order chi connectivity index (χ1) is 31.4. The standard InChI is InChI=1S/C51H87O13P/c1-3-5-7-9-11-13-15-17-19-21-22-24-25-27-29-31-33-35-37-39-44(52)61-41-43(42-62-65(59,60)64-51-49(57)47(55)46(54)48(56)50(51)58)63-45(53)40-38-36-34-32-30-28-26-23-20-18-16-14-12-10-8-6-4-2/h11,13,17,19,22,24,26-29,32,34,43,46-51,54-58H,3-10,12,14-16,18,20-21,23,25,30-31,33,35-42H2,1-2H3,(H,59,60)/b13-11+,19-17+,24-22+,28-26+,29-27+,34-32+/t43-,46?,47-,48?,49?,50?,51?/m0/s1. The van der Waals surface area contributed by atoms with Crippen molar-refractivity contribution in [2.45, 2.75) is 224 Å². The van der Waals surface area contributed by atoms with E-state index in [1.807, 2.05) is 12.2 Å². The van der Waals surface area contributed by atoms with Gasteiger partial charge in [-0.25, -0.2) is 4.57 Å². The van der Waals surface area contributed by atoms with Gasteiger partial charge < -0.3 is 39.9 Å². The van der Waals surface area contributed by atoms with Crippen molar-refractivity contribution in [3.8, 4) is 0 Å². The molecule has 374 valence electrons.